The monoisotopic (exact) mass is 246 g/mol. The molecule has 0 spiro atoms. The van der Waals surface area contributed by atoms with E-state index in [2.05, 4.69) is 32.7 Å². The van der Waals surface area contributed by atoms with Gasteiger partial charge in [-0.1, -0.05) is 6.07 Å². The fourth-order valence-electron chi connectivity index (χ4n) is 2.51. The van der Waals surface area contributed by atoms with Crippen LogP contribution in [0.4, 0.5) is 0 Å². The van der Waals surface area contributed by atoms with E-state index in [4.69, 9.17) is 4.74 Å². The Kier molecular flexibility index (Phi) is 3.27. The van der Waals surface area contributed by atoms with Crippen LogP contribution in [0.1, 0.15) is 11.6 Å². The number of hydrogen-bond acceptors (Lipinski definition) is 4. The van der Waals surface area contributed by atoms with Crippen molar-refractivity contribution in [2.45, 2.75) is 12.1 Å². The summed E-state index contributed by atoms with van der Waals surface area (Å²) in [6.45, 7) is 2.59. The van der Waals surface area contributed by atoms with Crippen molar-refractivity contribution in [2.75, 3.05) is 26.7 Å². The van der Waals surface area contributed by atoms with Gasteiger partial charge in [0, 0.05) is 13.1 Å². The van der Waals surface area contributed by atoms with E-state index in [0.29, 0.717) is 0 Å². The lowest BCUT2D eigenvalue weighted by atomic mass is 10.00. The van der Waals surface area contributed by atoms with Crippen LogP contribution in [-0.4, -0.2) is 42.8 Å². The molecule has 18 heavy (non-hydrogen) atoms. The quantitative estimate of drug-likeness (QED) is 0.750. The highest BCUT2D eigenvalue weighted by Gasteiger charge is 2.24. The minimum Gasteiger partial charge on any atom is -0.374 e. The molecule has 2 heterocycles. The van der Waals surface area contributed by atoms with Gasteiger partial charge in [-0.25, -0.2) is 4.98 Å². The van der Waals surface area contributed by atoms with Gasteiger partial charge in [0.05, 0.1) is 36.1 Å². The maximum Gasteiger partial charge on any atom is 0.0931 e. The van der Waals surface area contributed by atoms with Crippen molar-refractivity contribution in [3.63, 3.8) is 0 Å². The number of morpholine rings is 1. The average molecular weight is 246 g/mol. The molecule has 5 nitrogen and oxygen atoms in total. The summed E-state index contributed by atoms with van der Waals surface area (Å²) < 4.78 is 5.83. The molecule has 0 bridgehead atoms. The fourth-order valence-corrected chi connectivity index (χ4v) is 2.51. The van der Waals surface area contributed by atoms with Crippen LogP contribution in [0.25, 0.3) is 11.0 Å². The third kappa shape index (κ3) is 2.12. The second-order valence-corrected chi connectivity index (χ2v) is 4.56. The highest BCUT2D eigenvalue weighted by Crippen LogP contribution is 2.22. The first-order chi connectivity index (χ1) is 8.88. The number of nitrogens with zero attached hydrogens (tertiary/aromatic N) is 1. The number of imidazole rings is 1. The van der Waals surface area contributed by atoms with Crippen molar-refractivity contribution in [1.82, 2.24) is 20.6 Å². The Morgan fingerprint density at radius 3 is 3.22 bits per heavy atom. The smallest absolute Gasteiger partial charge is 0.0931 e. The fraction of sp³-hybridized carbons (Fsp3) is 0.462. The van der Waals surface area contributed by atoms with E-state index >= 15 is 0 Å². The summed E-state index contributed by atoms with van der Waals surface area (Å²) in [7, 11) is 1.97. The highest BCUT2D eigenvalue weighted by atomic mass is 16.5. The molecular weight excluding hydrogens is 228 g/mol. The molecule has 2 atom stereocenters. The second kappa shape index (κ2) is 5.06. The topological polar surface area (TPSA) is 62.0 Å². The number of rotatable bonds is 3. The Hall–Kier alpha value is -1.43. The van der Waals surface area contributed by atoms with E-state index in [1.54, 1.807) is 6.33 Å². The molecule has 3 N–H and O–H groups in total. The molecule has 2 aromatic rings. The number of nitrogens with one attached hydrogen (secondary N) is 3. The third-order valence-electron chi connectivity index (χ3n) is 3.44. The Balaban J connectivity index is 1.89. The summed E-state index contributed by atoms with van der Waals surface area (Å²) >= 11 is 0. The molecule has 1 fully saturated rings. The van der Waals surface area contributed by atoms with Crippen LogP contribution in [0.3, 0.4) is 0 Å². The summed E-state index contributed by atoms with van der Waals surface area (Å²) in [5.41, 5.74) is 3.29. The second-order valence-electron chi connectivity index (χ2n) is 4.56. The number of fused-ring (bicyclic) bond motifs is 1. The lowest BCUT2D eigenvalue weighted by Crippen LogP contribution is -2.45. The van der Waals surface area contributed by atoms with Crippen LogP contribution in [0.15, 0.2) is 24.5 Å². The van der Waals surface area contributed by atoms with Crippen LogP contribution in [-0.2, 0) is 4.74 Å². The van der Waals surface area contributed by atoms with Gasteiger partial charge in [-0.15, -0.1) is 0 Å². The molecule has 1 aliphatic rings. The number of aromatic nitrogens is 2. The number of likely N-dealkylation sites (N-methyl/N-ethyl adjacent to an activating group) is 1. The largest absolute Gasteiger partial charge is 0.374 e. The van der Waals surface area contributed by atoms with Crippen molar-refractivity contribution in [2.24, 2.45) is 0 Å². The first-order valence-electron chi connectivity index (χ1n) is 6.31. The van der Waals surface area contributed by atoms with Crippen molar-refractivity contribution < 1.29 is 4.74 Å². The molecule has 0 radical (unpaired) electrons. The molecule has 5 heteroatoms. The van der Waals surface area contributed by atoms with Crippen molar-refractivity contribution >= 4 is 11.0 Å². The summed E-state index contributed by atoms with van der Waals surface area (Å²) in [5.74, 6) is 0. The Morgan fingerprint density at radius 2 is 2.44 bits per heavy atom. The van der Waals surface area contributed by atoms with Crippen molar-refractivity contribution in [3.8, 4) is 0 Å². The van der Waals surface area contributed by atoms with Crippen LogP contribution in [0.2, 0.25) is 0 Å². The highest BCUT2D eigenvalue weighted by molar-refractivity contribution is 5.75. The van der Waals surface area contributed by atoms with Gasteiger partial charge in [0.25, 0.3) is 0 Å². The third-order valence-corrected chi connectivity index (χ3v) is 3.44. The van der Waals surface area contributed by atoms with Gasteiger partial charge in [-0.05, 0) is 24.7 Å². The van der Waals surface area contributed by atoms with Gasteiger partial charge in [-0.3, -0.25) is 0 Å². The lowest BCUT2D eigenvalue weighted by Gasteiger charge is -2.31. The molecule has 1 aromatic heterocycles. The van der Waals surface area contributed by atoms with Crippen molar-refractivity contribution in [3.05, 3.63) is 30.1 Å². The van der Waals surface area contributed by atoms with E-state index in [0.717, 1.165) is 30.7 Å². The first-order valence-corrected chi connectivity index (χ1v) is 6.31. The van der Waals surface area contributed by atoms with E-state index in [-0.39, 0.29) is 12.1 Å². The number of benzene rings is 1. The molecule has 96 valence electrons. The van der Waals surface area contributed by atoms with E-state index in [9.17, 15) is 0 Å². The molecule has 0 amide bonds. The van der Waals surface area contributed by atoms with Gasteiger partial charge >= 0.3 is 0 Å². The Morgan fingerprint density at radius 1 is 1.50 bits per heavy atom. The van der Waals surface area contributed by atoms with Crippen molar-refractivity contribution in [1.29, 1.82) is 0 Å². The van der Waals surface area contributed by atoms with E-state index in [1.165, 1.54) is 5.56 Å². The molecule has 1 aliphatic heterocycles. The maximum absolute atomic E-state index is 5.83. The Labute approximate surface area is 106 Å². The SMILES string of the molecule is CNC(c1ccc2nc[nH]c2c1)C1CNCCO1. The van der Waals surface area contributed by atoms with Crippen LogP contribution in [0.5, 0.6) is 0 Å². The number of ether oxygens (including phenoxy) is 1. The lowest BCUT2D eigenvalue weighted by molar-refractivity contribution is 0.00540. The zero-order valence-electron chi connectivity index (χ0n) is 10.4. The van der Waals surface area contributed by atoms with Gasteiger partial charge in [0.1, 0.15) is 0 Å². The number of hydrogen-bond donors (Lipinski definition) is 3. The van der Waals surface area contributed by atoms with E-state index in [1.807, 2.05) is 13.1 Å². The molecular formula is C13H18N4O. The Bertz CT molecular complexity index is 518. The summed E-state index contributed by atoms with van der Waals surface area (Å²) in [6.07, 6.45) is 1.89. The van der Waals surface area contributed by atoms with Gasteiger partial charge in [-0.2, -0.15) is 0 Å². The van der Waals surface area contributed by atoms with Crippen LogP contribution >= 0.6 is 0 Å². The summed E-state index contributed by atoms with van der Waals surface area (Å²) in [4.78, 5) is 7.38. The predicted octanol–water partition coefficient (Wildman–Crippen LogP) is 0.812. The number of H-pyrrole nitrogens is 1. The predicted molar refractivity (Wildman–Crippen MR) is 70.5 cm³/mol. The zero-order valence-corrected chi connectivity index (χ0v) is 10.4. The maximum atomic E-state index is 5.83. The van der Waals surface area contributed by atoms with Crippen LogP contribution < -0.4 is 10.6 Å². The zero-order chi connectivity index (χ0) is 12.4. The van der Waals surface area contributed by atoms with Crippen LogP contribution in [0, 0.1) is 0 Å². The first kappa shape index (κ1) is 11.6. The minimum absolute atomic E-state index is 0.170. The van der Waals surface area contributed by atoms with Gasteiger partial charge in [0.2, 0.25) is 0 Å². The van der Waals surface area contributed by atoms with Gasteiger partial charge in [0.15, 0.2) is 0 Å². The molecule has 1 saturated heterocycles. The molecule has 1 aromatic carbocycles. The number of aromatic amines is 1. The summed E-state index contributed by atoms with van der Waals surface area (Å²) in [6, 6.07) is 6.50. The minimum atomic E-state index is 0.170. The standard InChI is InChI=1S/C13H18N4O/c1-14-13(12-7-15-4-5-18-12)9-2-3-10-11(6-9)17-8-16-10/h2-3,6,8,12-15H,4-5,7H2,1H3,(H,16,17). The molecule has 3 rings (SSSR count). The molecule has 0 aliphatic carbocycles. The molecule has 0 saturated carbocycles. The van der Waals surface area contributed by atoms with Gasteiger partial charge < -0.3 is 20.4 Å². The van der Waals surface area contributed by atoms with E-state index < -0.39 is 0 Å². The average Bonchev–Trinajstić information content (AvgIpc) is 2.88. The molecule has 2 unspecified atom stereocenters. The normalized spacial score (nSPS) is 22.2. The summed E-state index contributed by atoms with van der Waals surface area (Å²) in [5, 5.41) is 6.71.